The third-order valence-corrected chi connectivity index (χ3v) is 5.89. The Bertz CT molecular complexity index is 776. The van der Waals surface area contributed by atoms with E-state index in [0.717, 1.165) is 61.9 Å². The van der Waals surface area contributed by atoms with Crippen LogP contribution in [0, 0.1) is 5.92 Å². The van der Waals surface area contributed by atoms with Gasteiger partial charge in [-0.1, -0.05) is 31.4 Å². The number of para-hydroxylation sites is 2. The molecule has 1 aromatic carbocycles. The van der Waals surface area contributed by atoms with Crippen LogP contribution in [-0.2, 0) is 16.0 Å². The molecule has 0 bridgehead atoms. The second-order valence-electron chi connectivity index (χ2n) is 7.77. The minimum Gasteiger partial charge on any atom is -0.354 e. The van der Waals surface area contributed by atoms with Gasteiger partial charge >= 0.3 is 0 Å². The summed E-state index contributed by atoms with van der Waals surface area (Å²) in [7, 11) is 0. The van der Waals surface area contributed by atoms with Crippen LogP contribution in [-0.4, -0.2) is 45.8 Å². The molecule has 0 spiro atoms. The highest BCUT2D eigenvalue weighted by atomic mass is 16.2. The number of benzene rings is 1. The van der Waals surface area contributed by atoms with Crippen molar-refractivity contribution in [1.29, 1.82) is 0 Å². The summed E-state index contributed by atoms with van der Waals surface area (Å²) in [6.07, 6.45) is 7.82. The lowest BCUT2D eigenvalue weighted by Gasteiger charge is -2.30. The summed E-state index contributed by atoms with van der Waals surface area (Å²) in [4.78, 5) is 35.2. The van der Waals surface area contributed by atoms with Crippen LogP contribution in [0.5, 0.6) is 0 Å². The molecule has 2 N–H and O–H groups in total. The van der Waals surface area contributed by atoms with E-state index in [1.165, 1.54) is 6.42 Å². The fourth-order valence-electron chi connectivity index (χ4n) is 4.43. The van der Waals surface area contributed by atoms with Gasteiger partial charge in [-0.2, -0.15) is 0 Å². The fourth-order valence-corrected chi connectivity index (χ4v) is 4.43. The van der Waals surface area contributed by atoms with Gasteiger partial charge in [0, 0.05) is 25.4 Å². The number of nitrogens with zero attached hydrogens (tertiary/aromatic N) is 2. The minimum atomic E-state index is -0.296. The van der Waals surface area contributed by atoms with Gasteiger partial charge in [0.2, 0.25) is 11.8 Å². The normalized spacial score (nSPS) is 20.9. The molecule has 1 aliphatic heterocycles. The van der Waals surface area contributed by atoms with Gasteiger partial charge in [0.15, 0.2) is 0 Å². The first kappa shape index (κ1) is 18.0. The molecule has 2 amide bonds. The van der Waals surface area contributed by atoms with Crippen molar-refractivity contribution in [3.63, 3.8) is 0 Å². The first-order chi connectivity index (χ1) is 13.2. The number of carbonyl (C=O) groups is 2. The van der Waals surface area contributed by atoms with E-state index in [9.17, 15) is 9.59 Å². The highest BCUT2D eigenvalue weighted by molar-refractivity contribution is 5.89. The molecule has 144 valence electrons. The highest BCUT2D eigenvalue weighted by Gasteiger charge is 2.37. The number of hydrogen-bond acceptors (Lipinski definition) is 3. The monoisotopic (exact) mass is 368 g/mol. The first-order valence-electron chi connectivity index (χ1n) is 10.2. The molecule has 6 heteroatoms. The molecular weight excluding hydrogens is 340 g/mol. The standard InChI is InChI=1S/C21H28N4O2/c26-20(22-13-12-19-23-16-9-4-5-10-17(16)24-19)18-11-6-14-25(18)21(27)15-7-2-1-3-8-15/h4-5,9-10,15,18H,1-3,6-8,11-14H2,(H,22,26)(H,23,24)/t18-/m0/s1. The summed E-state index contributed by atoms with van der Waals surface area (Å²) in [5, 5.41) is 3.01. The number of aromatic amines is 1. The van der Waals surface area contributed by atoms with E-state index in [1.54, 1.807) is 0 Å². The third-order valence-electron chi connectivity index (χ3n) is 5.89. The largest absolute Gasteiger partial charge is 0.354 e. The van der Waals surface area contributed by atoms with Gasteiger partial charge in [-0.25, -0.2) is 4.98 Å². The molecule has 2 aliphatic rings. The SMILES string of the molecule is O=C(NCCc1nc2ccccc2[nH]1)[C@@H]1CCCN1C(=O)C1CCCCC1. The summed E-state index contributed by atoms with van der Waals surface area (Å²) in [5.41, 5.74) is 1.96. The molecule has 0 radical (unpaired) electrons. The topological polar surface area (TPSA) is 78.1 Å². The number of likely N-dealkylation sites (tertiary alicyclic amines) is 1. The summed E-state index contributed by atoms with van der Waals surface area (Å²) < 4.78 is 0. The second kappa shape index (κ2) is 8.11. The van der Waals surface area contributed by atoms with Gasteiger partial charge in [-0.3, -0.25) is 9.59 Å². The van der Waals surface area contributed by atoms with E-state index in [4.69, 9.17) is 0 Å². The molecule has 0 unspecified atom stereocenters. The lowest BCUT2D eigenvalue weighted by molar-refractivity contribution is -0.142. The smallest absolute Gasteiger partial charge is 0.242 e. The van der Waals surface area contributed by atoms with Crippen LogP contribution in [0.15, 0.2) is 24.3 Å². The van der Waals surface area contributed by atoms with Crippen molar-refractivity contribution in [3.05, 3.63) is 30.1 Å². The van der Waals surface area contributed by atoms with Crippen molar-refractivity contribution < 1.29 is 9.59 Å². The molecule has 1 aromatic heterocycles. The molecule has 1 atom stereocenters. The Morgan fingerprint density at radius 3 is 2.74 bits per heavy atom. The van der Waals surface area contributed by atoms with Crippen LogP contribution >= 0.6 is 0 Å². The van der Waals surface area contributed by atoms with E-state index < -0.39 is 0 Å². The Labute approximate surface area is 159 Å². The van der Waals surface area contributed by atoms with Crippen LogP contribution in [0.2, 0.25) is 0 Å². The Morgan fingerprint density at radius 2 is 1.93 bits per heavy atom. The number of nitrogens with one attached hydrogen (secondary N) is 2. The maximum Gasteiger partial charge on any atom is 0.242 e. The quantitative estimate of drug-likeness (QED) is 0.852. The number of fused-ring (bicyclic) bond motifs is 1. The van der Waals surface area contributed by atoms with Gasteiger partial charge in [0.25, 0.3) is 0 Å². The van der Waals surface area contributed by atoms with Gasteiger partial charge in [-0.15, -0.1) is 0 Å². The van der Waals surface area contributed by atoms with E-state index in [-0.39, 0.29) is 23.8 Å². The number of amides is 2. The van der Waals surface area contributed by atoms with Crippen molar-refractivity contribution >= 4 is 22.8 Å². The molecular formula is C21H28N4O2. The van der Waals surface area contributed by atoms with Gasteiger partial charge in [-0.05, 0) is 37.8 Å². The Balaban J connectivity index is 1.30. The van der Waals surface area contributed by atoms with E-state index in [0.29, 0.717) is 13.0 Å². The maximum atomic E-state index is 12.8. The minimum absolute atomic E-state index is 0.0206. The molecule has 2 fully saturated rings. The molecule has 4 rings (SSSR count). The first-order valence-corrected chi connectivity index (χ1v) is 10.2. The van der Waals surface area contributed by atoms with Crippen molar-refractivity contribution in [2.75, 3.05) is 13.1 Å². The van der Waals surface area contributed by atoms with Gasteiger partial charge < -0.3 is 15.2 Å². The van der Waals surface area contributed by atoms with Crippen molar-refractivity contribution in [2.24, 2.45) is 5.92 Å². The van der Waals surface area contributed by atoms with E-state index in [2.05, 4.69) is 15.3 Å². The number of aromatic nitrogens is 2. The zero-order valence-corrected chi connectivity index (χ0v) is 15.7. The van der Waals surface area contributed by atoms with Crippen molar-refractivity contribution in [3.8, 4) is 0 Å². The maximum absolute atomic E-state index is 12.8. The summed E-state index contributed by atoms with van der Waals surface area (Å²) >= 11 is 0. The molecule has 2 heterocycles. The third kappa shape index (κ3) is 3.99. The summed E-state index contributed by atoms with van der Waals surface area (Å²) in [6, 6.07) is 7.62. The molecule has 1 saturated heterocycles. The van der Waals surface area contributed by atoms with Crippen LogP contribution in [0.25, 0.3) is 11.0 Å². The lowest BCUT2D eigenvalue weighted by atomic mass is 9.88. The van der Waals surface area contributed by atoms with Crippen LogP contribution in [0.1, 0.15) is 50.8 Å². The van der Waals surface area contributed by atoms with E-state index in [1.807, 2.05) is 29.2 Å². The van der Waals surface area contributed by atoms with Gasteiger partial charge in [0.1, 0.15) is 11.9 Å². The predicted octanol–water partition coefficient (Wildman–Crippen LogP) is 2.79. The Kier molecular flexibility index (Phi) is 5.41. The number of hydrogen-bond donors (Lipinski definition) is 2. The van der Waals surface area contributed by atoms with Crippen LogP contribution < -0.4 is 5.32 Å². The summed E-state index contributed by atoms with van der Waals surface area (Å²) in [6.45, 7) is 1.25. The second-order valence-corrected chi connectivity index (χ2v) is 7.77. The molecule has 6 nitrogen and oxygen atoms in total. The zero-order chi connectivity index (χ0) is 18.6. The van der Waals surface area contributed by atoms with E-state index >= 15 is 0 Å². The average Bonchev–Trinajstić information content (AvgIpc) is 3.34. The number of rotatable bonds is 5. The zero-order valence-electron chi connectivity index (χ0n) is 15.7. The Morgan fingerprint density at radius 1 is 1.11 bits per heavy atom. The molecule has 1 saturated carbocycles. The summed E-state index contributed by atoms with van der Waals surface area (Å²) in [5.74, 6) is 1.18. The van der Waals surface area contributed by atoms with Crippen LogP contribution in [0.3, 0.4) is 0 Å². The Hall–Kier alpha value is -2.37. The molecule has 27 heavy (non-hydrogen) atoms. The van der Waals surface area contributed by atoms with Crippen molar-refractivity contribution in [2.45, 2.75) is 57.4 Å². The average molecular weight is 368 g/mol. The number of imidazole rings is 1. The van der Waals surface area contributed by atoms with Crippen molar-refractivity contribution in [1.82, 2.24) is 20.2 Å². The van der Waals surface area contributed by atoms with Gasteiger partial charge in [0.05, 0.1) is 11.0 Å². The predicted molar refractivity (Wildman–Crippen MR) is 104 cm³/mol. The molecule has 2 aromatic rings. The van der Waals surface area contributed by atoms with Crippen LogP contribution in [0.4, 0.5) is 0 Å². The number of H-pyrrole nitrogens is 1. The lowest BCUT2D eigenvalue weighted by Crippen LogP contribution is -2.48. The fraction of sp³-hybridized carbons (Fsp3) is 0.571. The number of carbonyl (C=O) groups excluding carboxylic acids is 2. The molecule has 1 aliphatic carbocycles. The highest BCUT2D eigenvalue weighted by Crippen LogP contribution is 2.28.